The van der Waals surface area contributed by atoms with Gasteiger partial charge in [-0.05, 0) is 56.7 Å². The number of aliphatic hydroxyl groups is 1. The Morgan fingerprint density at radius 2 is 2.04 bits per heavy atom. The molecule has 2 fully saturated rings. The standard InChI is InChI=1S/C18H24N2O3/c21-11-9-16-6-1-2-10-20(16)18(23)14-4-3-5-15(12-14)19-17(22)13-7-8-13/h3-5,12-13,16,21H,1-2,6-11H2,(H,19,22). The summed E-state index contributed by atoms with van der Waals surface area (Å²) in [4.78, 5) is 26.5. The molecule has 0 radical (unpaired) electrons. The lowest BCUT2D eigenvalue weighted by Crippen LogP contribution is -2.44. The second-order valence-corrected chi connectivity index (χ2v) is 6.50. The number of carbonyl (C=O) groups is 2. The summed E-state index contributed by atoms with van der Waals surface area (Å²) in [5.41, 5.74) is 1.28. The van der Waals surface area contributed by atoms with Crippen LogP contribution in [-0.4, -0.2) is 41.0 Å². The molecule has 124 valence electrons. The van der Waals surface area contributed by atoms with Crippen molar-refractivity contribution < 1.29 is 14.7 Å². The first-order valence-electron chi connectivity index (χ1n) is 8.52. The highest BCUT2D eigenvalue weighted by molar-refractivity contribution is 5.98. The maximum atomic E-state index is 12.8. The minimum atomic E-state index is -0.00864. The Kier molecular flexibility index (Phi) is 4.96. The molecule has 1 aliphatic heterocycles. The lowest BCUT2D eigenvalue weighted by Gasteiger charge is -2.35. The highest BCUT2D eigenvalue weighted by Gasteiger charge is 2.30. The topological polar surface area (TPSA) is 69.6 Å². The van der Waals surface area contributed by atoms with Crippen LogP contribution >= 0.6 is 0 Å². The number of hydrogen-bond donors (Lipinski definition) is 2. The molecule has 0 spiro atoms. The molecule has 0 aromatic heterocycles. The monoisotopic (exact) mass is 316 g/mol. The molecule has 1 aliphatic carbocycles. The van der Waals surface area contributed by atoms with Crippen molar-refractivity contribution >= 4 is 17.5 Å². The van der Waals surface area contributed by atoms with Gasteiger partial charge in [0, 0.05) is 36.4 Å². The van der Waals surface area contributed by atoms with Crippen molar-refractivity contribution in [2.24, 2.45) is 5.92 Å². The van der Waals surface area contributed by atoms with Gasteiger partial charge in [0.2, 0.25) is 5.91 Å². The van der Waals surface area contributed by atoms with Gasteiger partial charge in [-0.15, -0.1) is 0 Å². The summed E-state index contributed by atoms with van der Waals surface area (Å²) < 4.78 is 0. The van der Waals surface area contributed by atoms with Gasteiger partial charge in [0.15, 0.2) is 0 Å². The number of carbonyl (C=O) groups excluding carboxylic acids is 2. The molecule has 1 aromatic rings. The van der Waals surface area contributed by atoms with Gasteiger partial charge in [-0.1, -0.05) is 6.07 Å². The highest BCUT2D eigenvalue weighted by atomic mass is 16.3. The molecule has 2 amide bonds. The van der Waals surface area contributed by atoms with Crippen molar-refractivity contribution in [3.63, 3.8) is 0 Å². The first kappa shape index (κ1) is 16.0. The van der Waals surface area contributed by atoms with Crippen LogP contribution in [0, 0.1) is 5.92 Å². The lowest BCUT2D eigenvalue weighted by molar-refractivity contribution is -0.117. The summed E-state index contributed by atoms with van der Waals surface area (Å²) in [6.07, 6.45) is 5.61. The zero-order valence-electron chi connectivity index (χ0n) is 13.3. The molecule has 0 bridgehead atoms. The average molecular weight is 316 g/mol. The van der Waals surface area contributed by atoms with Crippen molar-refractivity contribution in [2.75, 3.05) is 18.5 Å². The van der Waals surface area contributed by atoms with E-state index in [2.05, 4.69) is 5.32 Å². The Morgan fingerprint density at radius 3 is 2.78 bits per heavy atom. The van der Waals surface area contributed by atoms with Crippen molar-refractivity contribution in [3.05, 3.63) is 29.8 Å². The molecule has 3 rings (SSSR count). The van der Waals surface area contributed by atoms with E-state index < -0.39 is 0 Å². The van der Waals surface area contributed by atoms with E-state index in [1.54, 1.807) is 18.2 Å². The predicted molar refractivity (Wildman–Crippen MR) is 88.2 cm³/mol. The van der Waals surface area contributed by atoms with Gasteiger partial charge in [0.25, 0.3) is 5.91 Å². The van der Waals surface area contributed by atoms with Gasteiger partial charge in [-0.2, -0.15) is 0 Å². The molecule has 1 heterocycles. The fourth-order valence-electron chi connectivity index (χ4n) is 3.20. The maximum absolute atomic E-state index is 12.8. The minimum absolute atomic E-state index is 0.00864. The number of nitrogens with zero attached hydrogens (tertiary/aromatic N) is 1. The second kappa shape index (κ2) is 7.13. The largest absolute Gasteiger partial charge is 0.396 e. The molecule has 23 heavy (non-hydrogen) atoms. The number of aliphatic hydroxyl groups excluding tert-OH is 1. The van der Waals surface area contributed by atoms with Crippen molar-refractivity contribution in [2.45, 2.75) is 44.6 Å². The SMILES string of the molecule is O=C(Nc1cccc(C(=O)N2CCCCC2CCO)c1)C1CC1. The van der Waals surface area contributed by atoms with E-state index in [4.69, 9.17) is 0 Å². The number of piperidine rings is 1. The third-order valence-electron chi connectivity index (χ3n) is 4.68. The quantitative estimate of drug-likeness (QED) is 0.876. The summed E-state index contributed by atoms with van der Waals surface area (Å²) in [7, 11) is 0. The zero-order chi connectivity index (χ0) is 16.2. The van der Waals surface area contributed by atoms with E-state index in [0.717, 1.165) is 38.6 Å². The number of nitrogens with one attached hydrogen (secondary N) is 1. The van der Waals surface area contributed by atoms with E-state index in [9.17, 15) is 14.7 Å². The third kappa shape index (κ3) is 3.91. The molecule has 1 saturated carbocycles. The summed E-state index contributed by atoms with van der Waals surface area (Å²) in [5.74, 6) is 0.182. The van der Waals surface area contributed by atoms with Gasteiger partial charge in [-0.3, -0.25) is 9.59 Å². The van der Waals surface area contributed by atoms with Crippen LogP contribution in [0.2, 0.25) is 0 Å². The number of likely N-dealkylation sites (tertiary alicyclic amines) is 1. The lowest BCUT2D eigenvalue weighted by atomic mass is 9.98. The van der Waals surface area contributed by atoms with Gasteiger partial charge < -0.3 is 15.3 Å². The predicted octanol–water partition coefficient (Wildman–Crippen LogP) is 2.41. The van der Waals surface area contributed by atoms with Gasteiger partial charge in [0.05, 0.1) is 0 Å². The van der Waals surface area contributed by atoms with Crippen LogP contribution in [0.25, 0.3) is 0 Å². The molecule has 1 unspecified atom stereocenters. The Bertz CT molecular complexity index is 581. The third-order valence-corrected chi connectivity index (χ3v) is 4.68. The second-order valence-electron chi connectivity index (χ2n) is 6.50. The van der Waals surface area contributed by atoms with Crippen LogP contribution < -0.4 is 5.32 Å². The summed E-state index contributed by atoms with van der Waals surface area (Å²) in [6, 6.07) is 7.29. The van der Waals surface area contributed by atoms with Crippen LogP contribution in [-0.2, 0) is 4.79 Å². The average Bonchev–Trinajstić information content (AvgIpc) is 3.40. The fourth-order valence-corrected chi connectivity index (χ4v) is 3.20. The number of hydrogen-bond acceptors (Lipinski definition) is 3. The Balaban J connectivity index is 1.71. The molecule has 2 aliphatic rings. The number of anilines is 1. The van der Waals surface area contributed by atoms with Crippen molar-refractivity contribution in [1.29, 1.82) is 0 Å². The van der Waals surface area contributed by atoms with Crippen molar-refractivity contribution in [1.82, 2.24) is 4.90 Å². The van der Waals surface area contributed by atoms with Crippen molar-refractivity contribution in [3.8, 4) is 0 Å². The molecule has 1 aromatic carbocycles. The Morgan fingerprint density at radius 1 is 1.22 bits per heavy atom. The van der Waals surface area contributed by atoms with Crippen LogP contribution in [0.1, 0.15) is 48.9 Å². The van der Waals surface area contributed by atoms with Crippen LogP contribution in [0.5, 0.6) is 0 Å². The van der Waals surface area contributed by atoms with E-state index in [1.807, 2.05) is 11.0 Å². The molecular formula is C18H24N2O3. The fraction of sp³-hybridized carbons (Fsp3) is 0.556. The molecular weight excluding hydrogens is 292 g/mol. The first-order valence-corrected chi connectivity index (χ1v) is 8.52. The summed E-state index contributed by atoms with van der Waals surface area (Å²) >= 11 is 0. The van der Waals surface area contributed by atoms with E-state index in [-0.39, 0.29) is 30.4 Å². The van der Waals surface area contributed by atoms with E-state index in [0.29, 0.717) is 17.7 Å². The molecule has 5 nitrogen and oxygen atoms in total. The zero-order valence-corrected chi connectivity index (χ0v) is 13.3. The number of amides is 2. The van der Waals surface area contributed by atoms with Gasteiger partial charge in [-0.25, -0.2) is 0 Å². The van der Waals surface area contributed by atoms with Crippen LogP contribution in [0.3, 0.4) is 0 Å². The molecule has 1 atom stereocenters. The summed E-state index contributed by atoms with van der Waals surface area (Å²) in [5, 5.41) is 12.1. The molecule has 5 heteroatoms. The normalized spacial score (nSPS) is 21.1. The van der Waals surface area contributed by atoms with Gasteiger partial charge >= 0.3 is 0 Å². The number of rotatable bonds is 5. The minimum Gasteiger partial charge on any atom is -0.396 e. The Labute approximate surface area is 136 Å². The maximum Gasteiger partial charge on any atom is 0.254 e. The summed E-state index contributed by atoms with van der Waals surface area (Å²) in [6.45, 7) is 0.841. The molecule has 2 N–H and O–H groups in total. The van der Waals surface area contributed by atoms with E-state index >= 15 is 0 Å². The van der Waals surface area contributed by atoms with Crippen LogP contribution in [0.15, 0.2) is 24.3 Å². The Hall–Kier alpha value is -1.88. The molecule has 1 saturated heterocycles. The first-order chi connectivity index (χ1) is 11.2. The highest BCUT2D eigenvalue weighted by Crippen LogP contribution is 2.30. The smallest absolute Gasteiger partial charge is 0.254 e. The van der Waals surface area contributed by atoms with Crippen LogP contribution in [0.4, 0.5) is 5.69 Å². The number of benzene rings is 1. The van der Waals surface area contributed by atoms with E-state index in [1.165, 1.54) is 0 Å². The van der Waals surface area contributed by atoms with Gasteiger partial charge in [0.1, 0.15) is 0 Å².